The summed E-state index contributed by atoms with van der Waals surface area (Å²) < 4.78 is 49.8. The van der Waals surface area contributed by atoms with Crippen molar-refractivity contribution in [1.82, 2.24) is 9.62 Å². The molecule has 0 spiro atoms. The molecule has 5 nitrogen and oxygen atoms in total. The number of amides is 1. The van der Waals surface area contributed by atoms with Crippen molar-refractivity contribution in [3.63, 3.8) is 0 Å². The molecule has 0 bridgehead atoms. The maximum atomic E-state index is 15.1. The monoisotopic (exact) mass is 589 g/mol. The van der Waals surface area contributed by atoms with Gasteiger partial charge in [-0.15, -0.1) is 11.8 Å². The van der Waals surface area contributed by atoms with E-state index in [-0.39, 0.29) is 28.5 Å². The minimum atomic E-state index is -0.870. The molecule has 2 aliphatic heterocycles. The van der Waals surface area contributed by atoms with E-state index in [0.29, 0.717) is 49.7 Å². The van der Waals surface area contributed by atoms with Gasteiger partial charge in [0.1, 0.15) is 23.4 Å². The summed E-state index contributed by atoms with van der Waals surface area (Å²) in [6, 6.07) is 8.96. The van der Waals surface area contributed by atoms with Gasteiger partial charge in [0.15, 0.2) is 0 Å². The number of likely N-dealkylation sites (tertiary alicyclic amines) is 1. The molecule has 4 rings (SSSR count). The quantitative estimate of drug-likeness (QED) is 0.218. The van der Waals surface area contributed by atoms with Crippen molar-refractivity contribution in [2.24, 2.45) is 0 Å². The normalized spacial score (nSPS) is 20.3. The van der Waals surface area contributed by atoms with Crippen LogP contribution in [0.3, 0.4) is 0 Å². The summed E-state index contributed by atoms with van der Waals surface area (Å²) in [5, 5.41) is 3.41. The van der Waals surface area contributed by atoms with E-state index in [1.54, 1.807) is 25.1 Å². The Labute approximate surface area is 236 Å². The number of carbonyl (C=O) groups excluding carboxylic acids is 1. The first kappa shape index (κ1) is 30.9. The van der Waals surface area contributed by atoms with Crippen molar-refractivity contribution in [3.05, 3.63) is 53.1 Å². The highest BCUT2D eigenvalue weighted by Gasteiger charge is 2.37. The molecule has 0 radical (unpaired) electrons. The molecule has 0 aliphatic carbocycles. The minimum Gasteiger partial charge on any atom is -0.378 e. The number of hydrogen-bond acceptors (Lipinski definition) is 6. The summed E-state index contributed by atoms with van der Waals surface area (Å²) in [6.07, 6.45) is 1.33. The van der Waals surface area contributed by atoms with Crippen LogP contribution in [0.5, 0.6) is 0 Å². The van der Waals surface area contributed by atoms with Gasteiger partial charge in [0.05, 0.1) is 10.7 Å². The predicted molar refractivity (Wildman–Crippen MR) is 151 cm³/mol. The molecule has 38 heavy (non-hydrogen) atoms. The van der Waals surface area contributed by atoms with Crippen LogP contribution in [0, 0.1) is 11.6 Å². The molecule has 0 aromatic heterocycles. The lowest BCUT2D eigenvalue weighted by Crippen LogP contribution is -2.49. The van der Waals surface area contributed by atoms with E-state index in [2.05, 4.69) is 10.0 Å². The number of anilines is 1. The molecule has 0 saturated carbocycles. The molecule has 2 aromatic carbocycles. The summed E-state index contributed by atoms with van der Waals surface area (Å²) in [6.45, 7) is 7.78. The number of halogens is 4. The fourth-order valence-corrected chi connectivity index (χ4v) is 6.14. The van der Waals surface area contributed by atoms with Gasteiger partial charge >= 0.3 is 0 Å². The number of rotatable bonds is 11. The summed E-state index contributed by atoms with van der Waals surface area (Å²) >= 11 is 8.96. The largest absolute Gasteiger partial charge is 0.378 e. The number of nitrogens with zero attached hydrogens (tertiary/aromatic N) is 1. The Morgan fingerprint density at radius 1 is 1.21 bits per heavy atom. The minimum absolute atomic E-state index is 0.164. The van der Waals surface area contributed by atoms with E-state index in [0.717, 1.165) is 23.3 Å². The third kappa shape index (κ3) is 8.71. The molecule has 210 valence electrons. The van der Waals surface area contributed by atoms with Gasteiger partial charge in [0, 0.05) is 47.8 Å². The Morgan fingerprint density at radius 2 is 1.92 bits per heavy atom. The number of alkyl halides is 1. The van der Waals surface area contributed by atoms with Gasteiger partial charge in [-0.05, 0) is 74.5 Å². The van der Waals surface area contributed by atoms with E-state index < -0.39 is 17.6 Å². The standard InChI is InChI=1S/C25H29ClF3N3O2S2.C2H6/c1-25(8-2-10-34-25)24(33)31-36-20-11-21(26)23(22(29)12-20)30-18(7-9-32-13-17(28)14-32)15-35-19-5-3-16(27)4-6-19;1-2/h3-6,11-12,17-18,30H,2,7-10,13-15H2,1H3,(H,31,33);1-2H3. The molecular weight excluding hydrogens is 555 g/mol. The van der Waals surface area contributed by atoms with Gasteiger partial charge in [0.2, 0.25) is 0 Å². The van der Waals surface area contributed by atoms with Gasteiger partial charge in [-0.3, -0.25) is 14.4 Å². The average Bonchev–Trinajstić information content (AvgIpc) is 3.34. The number of thioether (sulfide) groups is 1. The first-order chi connectivity index (χ1) is 18.2. The van der Waals surface area contributed by atoms with Gasteiger partial charge in [-0.25, -0.2) is 13.2 Å². The second-order valence-corrected chi connectivity index (χ2v) is 11.6. The number of carbonyl (C=O) groups is 1. The molecule has 2 N–H and O–H groups in total. The van der Waals surface area contributed by atoms with Crippen molar-refractivity contribution in [3.8, 4) is 0 Å². The highest BCUT2D eigenvalue weighted by molar-refractivity contribution is 7.99. The zero-order valence-electron chi connectivity index (χ0n) is 21.9. The zero-order valence-corrected chi connectivity index (χ0v) is 24.3. The molecule has 1 amide bonds. The molecule has 2 atom stereocenters. The van der Waals surface area contributed by atoms with Gasteiger partial charge in [-0.2, -0.15) is 0 Å². The van der Waals surface area contributed by atoms with Gasteiger partial charge in [-0.1, -0.05) is 25.4 Å². The maximum absolute atomic E-state index is 15.1. The number of benzene rings is 2. The van der Waals surface area contributed by atoms with Crippen LogP contribution in [0.15, 0.2) is 46.2 Å². The molecule has 2 fully saturated rings. The lowest BCUT2D eigenvalue weighted by molar-refractivity contribution is -0.137. The molecule has 2 aliphatic rings. The van der Waals surface area contributed by atoms with Crippen molar-refractivity contribution in [2.45, 2.75) is 67.6 Å². The van der Waals surface area contributed by atoms with Crippen LogP contribution >= 0.6 is 35.3 Å². The smallest absolute Gasteiger partial charge is 0.262 e. The molecule has 11 heteroatoms. The van der Waals surface area contributed by atoms with E-state index >= 15 is 4.39 Å². The van der Waals surface area contributed by atoms with Crippen LogP contribution in [0.4, 0.5) is 18.9 Å². The van der Waals surface area contributed by atoms with Gasteiger partial charge in [0.25, 0.3) is 5.91 Å². The number of nitrogens with one attached hydrogen (secondary N) is 2. The van der Waals surface area contributed by atoms with E-state index in [1.807, 2.05) is 18.7 Å². The van der Waals surface area contributed by atoms with Crippen LogP contribution in [0.2, 0.25) is 5.02 Å². The third-order valence-corrected chi connectivity index (χ3v) is 8.53. The first-order valence-corrected chi connectivity index (χ1v) is 15.0. The van der Waals surface area contributed by atoms with Crippen LogP contribution in [-0.4, -0.2) is 60.6 Å². The molecule has 2 heterocycles. The third-order valence-electron chi connectivity index (χ3n) is 6.30. The van der Waals surface area contributed by atoms with Gasteiger partial charge < -0.3 is 10.1 Å². The Balaban J connectivity index is 0.00000195. The molecular formula is C27H35ClF3N3O2S2. The first-order valence-electron chi connectivity index (χ1n) is 12.8. The lowest BCUT2D eigenvalue weighted by Gasteiger charge is -2.35. The van der Waals surface area contributed by atoms with Crippen LogP contribution in [0.25, 0.3) is 0 Å². The van der Waals surface area contributed by atoms with Crippen molar-refractivity contribution in [1.29, 1.82) is 0 Å². The highest BCUT2D eigenvalue weighted by atomic mass is 35.5. The van der Waals surface area contributed by atoms with Crippen molar-refractivity contribution in [2.75, 3.05) is 37.3 Å². The van der Waals surface area contributed by atoms with Crippen molar-refractivity contribution < 1.29 is 22.7 Å². The number of hydrogen-bond donors (Lipinski definition) is 2. The topological polar surface area (TPSA) is 53.6 Å². The second-order valence-electron chi connectivity index (χ2n) is 9.23. The summed E-state index contributed by atoms with van der Waals surface area (Å²) in [7, 11) is 0. The van der Waals surface area contributed by atoms with E-state index in [1.165, 1.54) is 30.0 Å². The second kappa shape index (κ2) is 14.7. The fourth-order valence-electron chi connectivity index (χ4n) is 4.07. The summed E-state index contributed by atoms with van der Waals surface area (Å²) in [5.41, 5.74) is -0.694. The zero-order chi connectivity index (χ0) is 27.7. The van der Waals surface area contributed by atoms with E-state index in [9.17, 15) is 13.6 Å². The summed E-state index contributed by atoms with van der Waals surface area (Å²) in [4.78, 5) is 15.8. The maximum Gasteiger partial charge on any atom is 0.262 e. The predicted octanol–water partition coefficient (Wildman–Crippen LogP) is 6.95. The Kier molecular flexibility index (Phi) is 12.0. The molecule has 2 saturated heterocycles. The highest BCUT2D eigenvalue weighted by Crippen LogP contribution is 2.33. The fraction of sp³-hybridized carbons (Fsp3) is 0.519. The Morgan fingerprint density at radius 3 is 2.53 bits per heavy atom. The molecule has 2 unspecified atom stereocenters. The SMILES string of the molecule is CC.CC1(C(=O)NSc2cc(F)c(NC(CCN3CC(F)C3)CSc3ccc(F)cc3)c(Cl)c2)CCCO1. The average molecular weight is 590 g/mol. The lowest BCUT2D eigenvalue weighted by atomic mass is 10.0. The Hall–Kier alpha value is -1.59. The van der Waals surface area contributed by atoms with Crippen LogP contribution < -0.4 is 10.0 Å². The Bertz CT molecular complexity index is 1030. The number of ether oxygens (including phenoxy) is 1. The van der Waals surface area contributed by atoms with Crippen molar-refractivity contribution >= 4 is 46.9 Å². The van der Waals surface area contributed by atoms with Crippen LogP contribution in [-0.2, 0) is 9.53 Å². The molecule has 2 aromatic rings. The summed E-state index contributed by atoms with van der Waals surface area (Å²) in [5.74, 6) is -0.518. The van der Waals surface area contributed by atoms with E-state index in [4.69, 9.17) is 16.3 Å². The van der Waals surface area contributed by atoms with Crippen LogP contribution in [0.1, 0.15) is 40.0 Å².